The molecule has 31 heavy (non-hydrogen) atoms. The number of hydrogen-bond acceptors (Lipinski definition) is 5. The Morgan fingerprint density at radius 3 is 2.90 bits per heavy atom. The monoisotopic (exact) mass is 408 g/mol. The SMILES string of the molecule is O=c1oc2ccccc2c2c1[C@@H](c1cc3cccc4c3n(c1=O)CC4)c1cn[nH]c1N2. The third-order valence-electron chi connectivity index (χ3n) is 6.51. The van der Waals surface area contributed by atoms with Crippen molar-refractivity contribution in [3.05, 3.63) is 97.8 Å². The van der Waals surface area contributed by atoms with Crippen LogP contribution < -0.4 is 16.5 Å². The van der Waals surface area contributed by atoms with Gasteiger partial charge < -0.3 is 14.3 Å². The first-order valence-electron chi connectivity index (χ1n) is 10.2. The molecule has 0 fully saturated rings. The molecule has 1 atom stereocenters. The molecule has 2 N–H and O–H groups in total. The molecule has 0 saturated heterocycles. The van der Waals surface area contributed by atoms with Crippen LogP contribution >= 0.6 is 0 Å². The van der Waals surface area contributed by atoms with E-state index >= 15 is 0 Å². The summed E-state index contributed by atoms with van der Waals surface area (Å²) < 4.78 is 7.50. The van der Waals surface area contributed by atoms with Gasteiger partial charge in [0.2, 0.25) is 0 Å². The summed E-state index contributed by atoms with van der Waals surface area (Å²) in [4.78, 5) is 26.8. The minimum absolute atomic E-state index is 0.0741. The minimum Gasteiger partial charge on any atom is -0.422 e. The Morgan fingerprint density at radius 2 is 1.97 bits per heavy atom. The van der Waals surface area contributed by atoms with E-state index in [4.69, 9.17) is 4.42 Å². The Morgan fingerprint density at radius 1 is 1.06 bits per heavy atom. The van der Waals surface area contributed by atoms with E-state index in [2.05, 4.69) is 21.6 Å². The zero-order chi connectivity index (χ0) is 20.7. The van der Waals surface area contributed by atoms with Crippen molar-refractivity contribution in [3.8, 4) is 0 Å². The highest BCUT2D eigenvalue weighted by atomic mass is 16.4. The van der Waals surface area contributed by atoms with Crippen molar-refractivity contribution in [2.24, 2.45) is 0 Å². The second kappa shape index (κ2) is 5.72. The van der Waals surface area contributed by atoms with Gasteiger partial charge in [0.1, 0.15) is 11.4 Å². The van der Waals surface area contributed by atoms with Gasteiger partial charge in [-0.3, -0.25) is 9.89 Å². The van der Waals surface area contributed by atoms with Crippen LogP contribution in [-0.4, -0.2) is 14.8 Å². The van der Waals surface area contributed by atoms with E-state index in [1.807, 2.05) is 41.0 Å². The number of nitrogens with zero attached hydrogens (tertiary/aromatic N) is 2. The van der Waals surface area contributed by atoms with Gasteiger partial charge >= 0.3 is 5.63 Å². The Hall–Kier alpha value is -4.13. The highest BCUT2D eigenvalue weighted by Crippen LogP contribution is 2.44. The second-order valence-electron chi connectivity index (χ2n) is 8.09. The summed E-state index contributed by atoms with van der Waals surface area (Å²) in [5, 5.41) is 12.3. The van der Waals surface area contributed by atoms with E-state index in [0.29, 0.717) is 34.8 Å². The lowest BCUT2D eigenvalue weighted by Crippen LogP contribution is -2.29. The number of pyridine rings is 1. The van der Waals surface area contributed by atoms with Crippen LogP contribution in [-0.2, 0) is 13.0 Å². The van der Waals surface area contributed by atoms with E-state index in [-0.39, 0.29) is 5.56 Å². The van der Waals surface area contributed by atoms with E-state index in [1.54, 1.807) is 12.3 Å². The standard InChI is InChI=1S/C24H16N4O3/c29-23-15(10-13-5-3-4-12-8-9-28(23)21(12)13)18-16-11-25-27-22(16)26-20-14-6-1-2-7-17(14)31-24(30)19(18)20/h1-7,10-11,18H,8-9H2,(H2,25,26,27)/t18-/m0/s1. The summed E-state index contributed by atoms with van der Waals surface area (Å²) in [5.41, 5.74) is 4.55. The molecule has 2 aliphatic rings. The summed E-state index contributed by atoms with van der Waals surface area (Å²) in [6.07, 6.45) is 2.51. The van der Waals surface area contributed by atoms with Crippen LogP contribution in [0.25, 0.3) is 21.9 Å². The van der Waals surface area contributed by atoms with Gasteiger partial charge in [-0.2, -0.15) is 5.10 Å². The Bertz CT molecular complexity index is 1670. The van der Waals surface area contributed by atoms with Crippen molar-refractivity contribution < 1.29 is 4.42 Å². The third-order valence-corrected chi connectivity index (χ3v) is 6.51. The van der Waals surface area contributed by atoms with Gasteiger partial charge in [-0.25, -0.2) is 4.79 Å². The number of fused-ring (bicyclic) bond motifs is 4. The molecule has 0 unspecified atom stereocenters. The Labute approximate surface area is 174 Å². The fourth-order valence-corrected chi connectivity index (χ4v) is 5.18. The van der Waals surface area contributed by atoms with Gasteiger partial charge in [-0.05, 0) is 35.6 Å². The summed E-state index contributed by atoms with van der Waals surface area (Å²) in [6.45, 7) is 0.644. The molecule has 7 rings (SSSR count). The summed E-state index contributed by atoms with van der Waals surface area (Å²) in [7, 11) is 0. The van der Waals surface area contributed by atoms with Crippen molar-refractivity contribution in [3.63, 3.8) is 0 Å². The molecule has 2 aliphatic heterocycles. The van der Waals surface area contributed by atoms with Crippen molar-refractivity contribution >= 4 is 33.4 Å². The highest BCUT2D eigenvalue weighted by molar-refractivity contribution is 5.95. The van der Waals surface area contributed by atoms with Crippen LogP contribution in [0, 0.1) is 0 Å². The average Bonchev–Trinajstić information content (AvgIpc) is 3.43. The fourth-order valence-electron chi connectivity index (χ4n) is 5.18. The summed E-state index contributed by atoms with van der Waals surface area (Å²) >= 11 is 0. The number of hydrogen-bond donors (Lipinski definition) is 2. The van der Waals surface area contributed by atoms with Gasteiger partial charge in [0, 0.05) is 23.1 Å². The van der Waals surface area contributed by atoms with Gasteiger partial charge in [0.05, 0.1) is 28.9 Å². The zero-order valence-electron chi connectivity index (χ0n) is 16.3. The number of nitrogens with one attached hydrogen (secondary N) is 2. The van der Waals surface area contributed by atoms with E-state index < -0.39 is 11.5 Å². The fraction of sp³-hybridized carbons (Fsp3) is 0.125. The molecule has 150 valence electrons. The molecular formula is C24H16N4O3. The first kappa shape index (κ1) is 16.6. The maximum atomic E-state index is 13.6. The van der Waals surface area contributed by atoms with Gasteiger partial charge in [0.15, 0.2) is 0 Å². The molecule has 0 aliphatic carbocycles. The second-order valence-corrected chi connectivity index (χ2v) is 8.09. The number of H-pyrrole nitrogens is 1. The largest absolute Gasteiger partial charge is 0.422 e. The molecule has 3 aromatic heterocycles. The van der Waals surface area contributed by atoms with Crippen molar-refractivity contribution in [2.75, 3.05) is 5.32 Å². The quantitative estimate of drug-likeness (QED) is 0.405. The molecule has 2 aromatic carbocycles. The number of rotatable bonds is 1. The van der Waals surface area contributed by atoms with Crippen LogP contribution in [0.5, 0.6) is 0 Å². The lowest BCUT2D eigenvalue weighted by molar-refractivity contribution is 0.548. The number of benzene rings is 2. The lowest BCUT2D eigenvalue weighted by Gasteiger charge is -2.26. The van der Waals surface area contributed by atoms with Crippen LogP contribution in [0.1, 0.15) is 28.2 Å². The van der Waals surface area contributed by atoms with Gasteiger partial charge in [0.25, 0.3) is 5.56 Å². The minimum atomic E-state index is -0.573. The molecule has 0 radical (unpaired) electrons. The molecule has 5 heterocycles. The summed E-state index contributed by atoms with van der Waals surface area (Å²) in [6, 6.07) is 15.4. The van der Waals surface area contributed by atoms with Crippen molar-refractivity contribution in [1.82, 2.24) is 14.8 Å². The topological polar surface area (TPSA) is 92.9 Å². The number of aromatic nitrogens is 3. The van der Waals surface area contributed by atoms with Crippen LogP contribution in [0.2, 0.25) is 0 Å². The molecule has 7 nitrogen and oxygen atoms in total. The molecule has 5 aromatic rings. The average molecular weight is 408 g/mol. The first-order chi connectivity index (χ1) is 15.2. The number of anilines is 2. The maximum absolute atomic E-state index is 13.6. The molecular weight excluding hydrogens is 392 g/mol. The molecule has 0 saturated carbocycles. The normalized spacial score (nSPS) is 16.3. The van der Waals surface area contributed by atoms with Gasteiger partial charge in [-0.15, -0.1) is 0 Å². The van der Waals surface area contributed by atoms with E-state index in [9.17, 15) is 9.59 Å². The van der Waals surface area contributed by atoms with Gasteiger partial charge in [-0.1, -0.05) is 30.3 Å². The van der Waals surface area contributed by atoms with Crippen molar-refractivity contribution in [2.45, 2.75) is 18.9 Å². The van der Waals surface area contributed by atoms with Crippen molar-refractivity contribution in [1.29, 1.82) is 0 Å². The number of aromatic amines is 1. The van der Waals surface area contributed by atoms with E-state index in [1.165, 1.54) is 5.56 Å². The van der Waals surface area contributed by atoms with Crippen LogP contribution in [0.3, 0.4) is 0 Å². The Balaban J connectivity index is 1.61. The van der Waals surface area contributed by atoms with Crippen LogP contribution in [0.4, 0.5) is 11.5 Å². The number of aryl methyl sites for hydroxylation is 2. The van der Waals surface area contributed by atoms with Crippen LogP contribution in [0.15, 0.2) is 68.7 Å². The predicted molar refractivity (Wildman–Crippen MR) is 117 cm³/mol. The third kappa shape index (κ3) is 2.10. The zero-order valence-corrected chi connectivity index (χ0v) is 16.3. The molecule has 7 heteroatoms. The maximum Gasteiger partial charge on any atom is 0.342 e. The molecule has 0 amide bonds. The number of para-hydroxylation sites is 2. The smallest absolute Gasteiger partial charge is 0.342 e. The summed E-state index contributed by atoms with van der Waals surface area (Å²) in [5.74, 6) is 0.110. The van der Waals surface area contributed by atoms with E-state index in [0.717, 1.165) is 28.3 Å². The first-order valence-corrected chi connectivity index (χ1v) is 10.2. The highest BCUT2D eigenvalue weighted by Gasteiger charge is 2.36. The predicted octanol–water partition coefficient (Wildman–Crippen LogP) is 3.62. The molecule has 0 spiro atoms. The Kier molecular flexibility index (Phi) is 3.07. The lowest BCUT2D eigenvalue weighted by atomic mass is 9.83. The molecule has 0 bridgehead atoms.